The molecule has 28 heavy (non-hydrogen) atoms. The van der Waals surface area contributed by atoms with Gasteiger partial charge in [0.15, 0.2) is 8.68 Å². The Balaban J connectivity index is 2.01. The third-order valence-electron chi connectivity index (χ3n) is 3.37. The van der Waals surface area contributed by atoms with E-state index >= 15 is 0 Å². The van der Waals surface area contributed by atoms with Crippen LogP contribution in [0.25, 0.3) is 0 Å². The first-order chi connectivity index (χ1) is 13.4. The summed E-state index contributed by atoms with van der Waals surface area (Å²) in [7, 11) is 2.50. The van der Waals surface area contributed by atoms with Crippen molar-refractivity contribution < 1.29 is 23.9 Å². The second-order valence-corrected chi connectivity index (χ2v) is 10.0. The van der Waals surface area contributed by atoms with Crippen LogP contribution in [0, 0.1) is 6.92 Å². The molecule has 0 bridgehead atoms. The van der Waals surface area contributed by atoms with Crippen LogP contribution in [-0.2, 0) is 14.3 Å². The predicted octanol–water partition coefficient (Wildman–Crippen LogP) is 3.71. The maximum Gasteiger partial charge on any atom is 0.348 e. The van der Waals surface area contributed by atoms with E-state index < -0.39 is 11.9 Å². The Morgan fingerprint density at radius 2 is 1.68 bits per heavy atom. The van der Waals surface area contributed by atoms with Gasteiger partial charge in [0.05, 0.1) is 19.8 Å². The highest BCUT2D eigenvalue weighted by Crippen LogP contribution is 2.34. The zero-order valence-electron chi connectivity index (χ0n) is 15.7. The summed E-state index contributed by atoms with van der Waals surface area (Å²) in [6.45, 7) is 3.66. The van der Waals surface area contributed by atoms with E-state index in [-0.39, 0.29) is 27.8 Å². The molecule has 2 aromatic rings. The fourth-order valence-electron chi connectivity index (χ4n) is 2.09. The number of amides is 1. The van der Waals surface area contributed by atoms with Crippen molar-refractivity contribution in [1.82, 2.24) is 10.2 Å². The number of ether oxygens (including phenoxy) is 2. The lowest BCUT2D eigenvalue weighted by Crippen LogP contribution is -2.14. The van der Waals surface area contributed by atoms with Gasteiger partial charge < -0.3 is 14.8 Å². The molecule has 152 valence electrons. The minimum absolute atomic E-state index is 0.166. The van der Waals surface area contributed by atoms with Gasteiger partial charge in [0.25, 0.3) is 0 Å². The van der Waals surface area contributed by atoms with Crippen molar-refractivity contribution in [1.29, 1.82) is 0 Å². The Morgan fingerprint density at radius 1 is 1.04 bits per heavy atom. The zero-order valence-corrected chi connectivity index (χ0v) is 19.0. The summed E-state index contributed by atoms with van der Waals surface area (Å²) < 4.78 is 11.2. The number of anilines is 1. The standard InChI is InChI=1S/C16H19N3O5S4/c1-5-25-15-18-19-16(28-15)26-7-6-9(20)17-12-10(13(21)23-3)8(2)11(27-12)14(22)24-4/h5-7H2,1-4H3,(H,17,20). The van der Waals surface area contributed by atoms with E-state index in [9.17, 15) is 14.4 Å². The van der Waals surface area contributed by atoms with E-state index in [0.29, 0.717) is 11.3 Å². The van der Waals surface area contributed by atoms with E-state index in [2.05, 4.69) is 15.5 Å². The second-order valence-electron chi connectivity index (χ2n) is 5.16. The van der Waals surface area contributed by atoms with Gasteiger partial charge in [-0.15, -0.1) is 21.5 Å². The molecular weight excluding hydrogens is 442 g/mol. The Bertz CT molecular complexity index is 865. The van der Waals surface area contributed by atoms with Crippen molar-refractivity contribution in [2.75, 3.05) is 31.0 Å². The molecule has 0 aromatic carbocycles. The summed E-state index contributed by atoms with van der Waals surface area (Å²) in [5, 5.41) is 11.1. The van der Waals surface area contributed by atoms with Gasteiger partial charge in [0.1, 0.15) is 9.88 Å². The lowest BCUT2D eigenvalue weighted by atomic mass is 10.1. The highest BCUT2D eigenvalue weighted by atomic mass is 32.2. The number of esters is 2. The Morgan fingerprint density at radius 3 is 2.29 bits per heavy atom. The molecule has 0 aliphatic rings. The van der Waals surface area contributed by atoms with Gasteiger partial charge in [0, 0.05) is 12.2 Å². The number of aromatic nitrogens is 2. The molecule has 2 aromatic heterocycles. The third-order valence-corrected chi connectivity index (χ3v) is 7.63. The highest BCUT2D eigenvalue weighted by Gasteiger charge is 2.26. The molecule has 0 atom stereocenters. The average Bonchev–Trinajstić information content (AvgIpc) is 3.25. The molecule has 12 heteroatoms. The Hall–Kier alpha value is -1.63. The molecule has 0 unspecified atom stereocenters. The quantitative estimate of drug-likeness (QED) is 0.441. The van der Waals surface area contributed by atoms with Crippen LogP contribution in [0.1, 0.15) is 38.9 Å². The van der Waals surface area contributed by atoms with Crippen LogP contribution in [0.15, 0.2) is 8.68 Å². The van der Waals surface area contributed by atoms with Crippen LogP contribution in [0.2, 0.25) is 0 Å². The number of hydrogen-bond donors (Lipinski definition) is 1. The zero-order chi connectivity index (χ0) is 20.7. The monoisotopic (exact) mass is 461 g/mol. The van der Waals surface area contributed by atoms with Gasteiger partial charge in [-0.3, -0.25) is 4.79 Å². The van der Waals surface area contributed by atoms with Gasteiger partial charge in [-0.05, 0) is 18.2 Å². The minimum Gasteiger partial charge on any atom is -0.465 e. The number of carbonyl (C=O) groups excluding carboxylic acids is 3. The Kier molecular flexibility index (Phi) is 8.73. The van der Waals surface area contributed by atoms with Crippen LogP contribution in [-0.4, -0.2) is 53.8 Å². The maximum atomic E-state index is 12.3. The van der Waals surface area contributed by atoms with Crippen molar-refractivity contribution in [3.05, 3.63) is 16.0 Å². The first-order valence-electron chi connectivity index (χ1n) is 8.10. The van der Waals surface area contributed by atoms with E-state index in [1.165, 1.54) is 37.3 Å². The molecule has 1 amide bonds. The van der Waals surface area contributed by atoms with Gasteiger partial charge in [-0.25, -0.2) is 9.59 Å². The fourth-order valence-corrected chi connectivity index (χ4v) is 6.15. The topological polar surface area (TPSA) is 107 Å². The summed E-state index contributed by atoms with van der Waals surface area (Å²) >= 11 is 5.56. The number of hydrogen-bond acceptors (Lipinski definition) is 11. The molecule has 2 rings (SSSR count). The third kappa shape index (κ3) is 5.69. The molecule has 0 aliphatic carbocycles. The molecule has 0 aliphatic heterocycles. The average molecular weight is 462 g/mol. The number of methoxy groups -OCH3 is 2. The molecule has 2 heterocycles. The van der Waals surface area contributed by atoms with E-state index in [1.54, 1.807) is 18.7 Å². The van der Waals surface area contributed by atoms with Gasteiger partial charge in [0.2, 0.25) is 5.91 Å². The molecule has 0 radical (unpaired) electrons. The molecular formula is C16H19N3O5S4. The maximum absolute atomic E-state index is 12.3. The summed E-state index contributed by atoms with van der Waals surface area (Å²) in [5.41, 5.74) is 0.586. The summed E-state index contributed by atoms with van der Waals surface area (Å²) in [5.74, 6) is -0.0241. The van der Waals surface area contributed by atoms with Crippen molar-refractivity contribution in [2.24, 2.45) is 0 Å². The van der Waals surface area contributed by atoms with Crippen molar-refractivity contribution in [3.8, 4) is 0 Å². The Labute approximate surface area is 178 Å². The smallest absolute Gasteiger partial charge is 0.348 e. The summed E-state index contributed by atoms with van der Waals surface area (Å²) in [6, 6.07) is 0. The number of nitrogens with zero attached hydrogens (tertiary/aromatic N) is 2. The predicted molar refractivity (Wildman–Crippen MR) is 112 cm³/mol. The molecule has 0 saturated carbocycles. The van der Waals surface area contributed by atoms with Crippen LogP contribution in [0.3, 0.4) is 0 Å². The minimum atomic E-state index is -0.622. The lowest BCUT2D eigenvalue weighted by Gasteiger charge is -2.05. The van der Waals surface area contributed by atoms with Crippen LogP contribution in [0.5, 0.6) is 0 Å². The normalized spacial score (nSPS) is 10.6. The van der Waals surface area contributed by atoms with E-state index in [0.717, 1.165) is 25.8 Å². The van der Waals surface area contributed by atoms with Crippen molar-refractivity contribution in [2.45, 2.75) is 28.9 Å². The van der Waals surface area contributed by atoms with Gasteiger partial charge in [-0.2, -0.15) is 0 Å². The van der Waals surface area contributed by atoms with Crippen LogP contribution >= 0.6 is 46.2 Å². The second kappa shape index (κ2) is 10.8. The van der Waals surface area contributed by atoms with E-state index in [4.69, 9.17) is 9.47 Å². The van der Waals surface area contributed by atoms with Crippen molar-refractivity contribution in [3.63, 3.8) is 0 Å². The number of rotatable bonds is 9. The van der Waals surface area contributed by atoms with Gasteiger partial charge >= 0.3 is 11.9 Å². The molecule has 0 spiro atoms. The first kappa shape index (κ1) is 22.7. The SMILES string of the molecule is CCSc1nnc(SCCC(=O)Nc2sc(C(=O)OC)c(C)c2C(=O)OC)s1. The van der Waals surface area contributed by atoms with Gasteiger partial charge in [-0.1, -0.05) is 41.8 Å². The van der Waals surface area contributed by atoms with Crippen molar-refractivity contribution >= 4 is 69.0 Å². The number of nitrogens with one attached hydrogen (secondary N) is 1. The molecule has 8 nitrogen and oxygen atoms in total. The van der Waals surface area contributed by atoms with E-state index in [1.807, 2.05) is 6.92 Å². The fraction of sp³-hybridized carbons (Fsp3) is 0.438. The largest absolute Gasteiger partial charge is 0.465 e. The van der Waals surface area contributed by atoms with Crippen LogP contribution in [0.4, 0.5) is 5.00 Å². The number of carbonyl (C=O) groups is 3. The summed E-state index contributed by atoms with van der Waals surface area (Å²) in [6.07, 6.45) is 0.214. The van der Waals surface area contributed by atoms with Crippen LogP contribution < -0.4 is 5.32 Å². The summed E-state index contributed by atoms with van der Waals surface area (Å²) in [4.78, 5) is 36.5. The first-order valence-corrected chi connectivity index (χ1v) is 11.7. The lowest BCUT2D eigenvalue weighted by molar-refractivity contribution is -0.115. The molecule has 0 fully saturated rings. The molecule has 0 saturated heterocycles. The highest BCUT2D eigenvalue weighted by molar-refractivity contribution is 8.03. The number of thioether (sulfide) groups is 2. The molecule has 1 N–H and O–H groups in total. The number of thiophene rings is 1.